The van der Waals surface area contributed by atoms with Crippen molar-refractivity contribution in [1.29, 1.82) is 0 Å². The first-order chi connectivity index (χ1) is 9.76. The van der Waals surface area contributed by atoms with E-state index in [0.29, 0.717) is 17.7 Å². The van der Waals surface area contributed by atoms with Gasteiger partial charge in [0.1, 0.15) is 11.4 Å². The van der Waals surface area contributed by atoms with Crippen LogP contribution in [0.4, 0.5) is 0 Å². The number of nitrogens with one attached hydrogen (secondary N) is 1. The molecule has 21 heavy (non-hydrogen) atoms. The molecule has 0 heterocycles. The molecule has 0 fully saturated rings. The lowest BCUT2D eigenvalue weighted by Crippen LogP contribution is -2.24. The van der Waals surface area contributed by atoms with Crippen LogP contribution in [0.2, 0.25) is 0 Å². The molecule has 1 aromatic carbocycles. The average molecular weight is 293 g/mol. The molecule has 0 spiro atoms. The maximum Gasteiger partial charge on any atom is 0.306 e. The van der Waals surface area contributed by atoms with E-state index in [0.717, 1.165) is 5.56 Å². The molecule has 5 nitrogen and oxygen atoms in total. The smallest absolute Gasteiger partial charge is 0.306 e. The van der Waals surface area contributed by atoms with Crippen molar-refractivity contribution in [1.82, 2.24) is 5.32 Å². The Balaban J connectivity index is 2.77. The normalized spacial score (nSPS) is 10.9. The Morgan fingerprint density at radius 3 is 2.43 bits per heavy atom. The number of carbonyl (C=O) groups excluding carboxylic acids is 2. The molecule has 1 amide bonds. The number of rotatable bonds is 5. The van der Waals surface area contributed by atoms with Crippen molar-refractivity contribution in [3.05, 3.63) is 29.3 Å². The predicted octanol–water partition coefficient (Wildman–Crippen LogP) is 2.33. The van der Waals surface area contributed by atoms with Crippen molar-refractivity contribution in [2.45, 2.75) is 39.2 Å². The third-order valence-corrected chi connectivity index (χ3v) is 2.77. The predicted molar refractivity (Wildman–Crippen MR) is 80.6 cm³/mol. The summed E-state index contributed by atoms with van der Waals surface area (Å²) >= 11 is 0. The number of methoxy groups -OCH3 is 1. The van der Waals surface area contributed by atoms with E-state index in [1.54, 1.807) is 19.2 Å². The van der Waals surface area contributed by atoms with Crippen LogP contribution in [0.5, 0.6) is 5.75 Å². The van der Waals surface area contributed by atoms with Crippen molar-refractivity contribution in [3.63, 3.8) is 0 Å². The first-order valence-corrected chi connectivity index (χ1v) is 6.87. The third-order valence-electron chi connectivity index (χ3n) is 2.77. The Morgan fingerprint density at radius 2 is 1.90 bits per heavy atom. The maximum absolute atomic E-state index is 11.8. The highest BCUT2D eigenvalue weighted by Crippen LogP contribution is 2.21. The molecule has 1 N–H and O–H groups in total. The van der Waals surface area contributed by atoms with Crippen molar-refractivity contribution in [3.8, 4) is 5.75 Å². The van der Waals surface area contributed by atoms with Gasteiger partial charge < -0.3 is 14.8 Å². The van der Waals surface area contributed by atoms with Crippen LogP contribution in [0.1, 0.15) is 43.1 Å². The zero-order valence-corrected chi connectivity index (χ0v) is 13.3. The van der Waals surface area contributed by atoms with Gasteiger partial charge in [0, 0.05) is 13.5 Å². The molecule has 0 saturated heterocycles. The molecule has 0 atom stereocenters. The molecular formula is C16H23NO4. The van der Waals surface area contributed by atoms with Gasteiger partial charge in [0.25, 0.3) is 5.91 Å². The van der Waals surface area contributed by atoms with Gasteiger partial charge in [-0.3, -0.25) is 9.59 Å². The average Bonchev–Trinajstić information content (AvgIpc) is 2.42. The van der Waals surface area contributed by atoms with Crippen molar-refractivity contribution in [2.75, 3.05) is 14.2 Å². The summed E-state index contributed by atoms with van der Waals surface area (Å²) in [5, 5.41) is 2.57. The largest absolute Gasteiger partial charge is 0.496 e. The summed E-state index contributed by atoms with van der Waals surface area (Å²) in [7, 11) is 3.08. The number of ether oxygens (including phenoxy) is 2. The van der Waals surface area contributed by atoms with E-state index >= 15 is 0 Å². The minimum absolute atomic E-state index is 0.217. The minimum atomic E-state index is -0.482. The molecule has 1 rings (SSSR count). The molecule has 5 heteroatoms. The monoisotopic (exact) mass is 293 g/mol. The first kappa shape index (κ1) is 17.0. The Kier molecular flexibility index (Phi) is 5.76. The zero-order chi connectivity index (χ0) is 16.0. The fraction of sp³-hybridized carbons (Fsp3) is 0.500. The number of hydrogen-bond acceptors (Lipinski definition) is 4. The van der Waals surface area contributed by atoms with Gasteiger partial charge in [-0.15, -0.1) is 0 Å². The van der Waals surface area contributed by atoms with E-state index in [4.69, 9.17) is 9.47 Å². The summed E-state index contributed by atoms with van der Waals surface area (Å²) < 4.78 is 10.4. The van der Waals surface area contributed by atoms with Crippen LogP contribution < -0.4 is 10.1 Å². The van der Waals surface area contributed by atoms with Crippen LogP contribution in [-0.2, 0) is 16.0 Å². The van der Waals surface area contributed by atoms with Crippen molar-refractivity contribution >= 4 is 11.9 Å². The summed E-state index contributed by atoms with van der Waals surface area (Å²) in [6.45, 7) is 5.51. The van der Waals surface area contributed by atoms with Crippen molar-refractivity contribution < 1.29 is 19.1 Å². The van der Waals surface area contributed by atoms with Gasteiger partial charge in [-0.25, -0.2) is 0 Å². The highest BCUT2D eigenvalue weighted by molar-refractivity contribution is 5.97. The second-order valence-corrected chi connectivity index (χ2v) is 5.70. The molecule has 116 valence electrons. The lowest BCUT2D eigenvalue weighted by molar-refractivity contribution is -0.154. The summed E-state index contributed by atoms with van der Waals surface area (Å²) in [4.78, 5) is 23.5. The van der Waals surface area contributed by atoms with E-state index < -0.39 is 5.60 Å². The Bertz CT molecular complexity index is 517. The van der Waals surface area contributed by atoms with E-state index in [2.05, 4.69) is 5.32 Å². The lowest BCUT2D eigenvalue weighted by atomic mass is 10.0. The molecule has 0 bridgehead atoms. The van der Waals surface area contributed by atoms with Crippen LogP contribution in [0.3, 0.4) is 0 Å². The fourth-order valence-corrected chi connectivity index (χ4v) is 1.86. The fourth-order valence-electron chi connectivity index (χ4n) is 1.86. The second kappa shape index (κ2) is 7.11. The van der Waals surface area contributed by atoms with Gasteiger partial charge in [-0.05, 0) is 44.9 Å². The van der Waals surface area contributed by atoms with Gasteiger partial charge in [0.2, 0.25) is 0 Å². The van der Waals surface area contributed by atoms with Crippen LogP contribution >= 0.6 is 0 Å². The molecule has 0 aliphatic carbocycles. The summed E-state index contributed by atoms with van der Waals surface area (Å²) in [5.74, 6) is 0.0427. The zero-order valence-electron chi connectivity index (χ0n) is 13.3. The van der Waals surface area contributed by atoms with E-state index in [1.807, 2.05) is 26.8 Å². The molecule has 0 unspecified atom stereocenters. The quantitative estimate of drug-likeness (QED) is 0.846. The summed E-state index contributed by atoms with van der Waals surface area (Å²) in [5.41, 5.74) is 0.867. The van der Waals surface area contributed by atoms with Gasteiger partial charge in [0.05, 0.1) is 12.7 Å². The first-order valence-electron chi connectivity index (χ1n) is 6.87. The third kappa shape index (κ3) is 5.45. The lowest BCUT2D eigenvalue weighted by Gasteiger charge is -2.19. The number of amides is 1. The molecule has 0 aromatic heterocycles. The van der Waals surface area contributed by atoms with E-state index in [9.17, 15) is 9.59 Å². The molecule has 0 radical (unpaired) electrons. The Labute approximate surface area is 125 Å². The highest BCUT2D eigenvalue weighted by Gasteiger charge is 2.17. The number of esters is 1. The van der Waals surface area contributed by atoms with Crippen LogP contribution in [0, 0.1) is 0 Å². The van der Waals surface area contributed by atoms with Gasteiger partial charge >= 0.3 is 5.97 Å². The van der Waals surface area contributed by atoms with Gasteiger partial charge in [0.15, 0.2) is 0 Å². The van der Waals surface area contributed by atoms with E-state index in [1.165, 1.54) is 7.11 Å². The number of aryl methyl sites for hydroxylation is 1. The number of hydrogen-bond donors (Lipinski definition) is 1. The second-order valence-electron chi connectivity index (χ2n) is 5.70. The van der Waals surface area contributed by atoms with Crippen LogP contribution in [-0.4, -0.2) is 31.6 Å². The Morgan fingerprint density at radius 1 is 1.24 bits per heavy atom. The molecule has 0 aliphatic rings. The summed E-state index contributed by atoms with van der Waals surface area (Å²) in [6, 6.07) is 5.31. The molecule has 1 aromatic rings. The number of benzene rings is 1. The minimum Gasteiger partial charge on any atom is -0.496 e. The number of carbonyl (C=O) groups is 2. The van der Waals surface area contributed by atoms with Gasteiger partial charge in [-0.1, -0.05) is 6.07 Å². The van der Waals surface area contributed by atoms with E-state index in [-0.39, 0.29) is 18.3 Å². The SMILES string of the molecule is CNC(=O)c1cc(CCC(=O)OC(C)(C)C)ccc1OC. The standard InChI is InChI=1S/C16H23NO4/c1-16(2,3)21-14(18)9-7-11-6-8-13(20-5)12(10-11)15(19)17-4/h6,8,10H,7,9H2,1-5H3,(H,17,19). The summed E-state index contributed by atoms with van der Waals surface area (Å²) in [6.07, 6.45) is 0.791. The van der Waals surface area contributed by atoms with Crippen LogP contribution in [0.25, 0.3) is 0 Å². The van der Waals surface area contributed by atoms with Crippen molar-refractivity contribution in [2.24, 2.45) is 0 Å². The van der Waals surface area contributed by atoms with Gasteiger partial charge in [-0.2, -0.15) is 0 Å². The Hall–Kier alpha value is -2.04. The molecule has 0 aliphatic heterocycles. The van der Waals surface area contributed by atoms with Crippen LogP contribution in [0.15, 0.2) is 18.2 Å². The highest BCUT2D eigenvalue weighted by atomic mass is 16.6. The maximum atomic E-state index is 11.8. The molecule has 0 saturated carbocycles. The molecular weight excluding hydrogens is 270 g/mol. The topological polar surface area (TPSA) is 64.6 Å².